The van der Waals surface area contributed by atoms with Crippen molar-refractivity contribution in [3.8, 4) is 11.8 Å². The third-order valence-electron chi connectivity index (χ3n) is 2.48. The van der Waals surface area contributed by atoms with Crippen LogP contribution in [0.1, 0.15) is 17.3 Å². The van der Waals surface area contributed by atoms with E-state index < -0.39 is 6.04 Å². The molecule has 0 N–H and O–H groups in total. The average molecular weight is 253 g/mol. The molecule has 0 bridgehead atoms. The number of nitriles is 1. The number of ether oxygens (including phenoxy) is 1. The van der Waals surface area contributed by atoms with Gasteiger partial charge in [-0.3, -0.25) is 4.79 Å². The molecule has 0 fully saturated rings. The second-order valence-electron chi connectivity index (χ2n) is 3.57. The summed E-state index contributed by atoms with van der Waals surface area (Å²) in [6, 6.07) is 6.29. The van der Waals surface area contributed by atoms with Crippen LogP contribution >= 0.6 is 11.6 Å². The van der Waals surface area contributed by atoms with Crippen molar-refractivity contribution < 1.29 is 9.53 Å². The Balaban J connectivity index is 3.12. The molecule has 0 aliphatic carbocycles. The number of hydrogen-bond acceptors (Lipinski definition) is 3. The van der Waals surface area contributed by atoms with Crippen LogP contribution in [0.5, 0.6) is 5.75 Å². The number of amides is 1. The minimum absolute atomic E-state index is 0.293. The fourth-order valence-electron chi connectivity index (χ4n) is 1.30. The van der Waals surface area contributed by atoms with Gasteiger partial charge in [0, 0.05) is 12.1 Å². The molecule has 90 valence electrons. The highest BCUT2D eigenvalue weighted by atomic mass is 35.5. The molecule has 0 aliphatic rings. The molecule has 1 amide bonds. The monoisotopic (exact) mass is 252 g/mol. The van der Waals surface area contributed by atoms with Crippen LogP contribution in [0.2, 0.25) is 5.02 Å². The lowest BCUT2D eigenvalue weighted by Crippen LogP contribution is -2.34. The first-order chi connectivity index (χ1) is 8.01. The predicted octanol–water partition coefficient (Wildman–Crippen LogP) is 2.33. The highest BCUT2D eigenvalue weighted by Gasteiger charge is 2.20. The molecule has 1 rings (SSSR count). The maximum atomic E-state index is 12.1. The Bertz CT molecular complexity index is 468. The van der Waals surface area contributed by atoms with Crippen LogP contribution in [0.25, 0.3) is 0 Å². The number of benzene rings is 1. The van der Waals surface area contributed by atoms with Crippen molar-refractivity contribution in [2.45, 2.75) is 13.0 Å². The van der Waals surface area contributed by atoms with Gasteiger partial charge in [-0.25, -0.2) is 0 Å². The predicted molar refractivity (Wildman–Crippen MR) is 65.2 cm³/mol. The quantitative estimate of drug-likeness (QED) is 0.830. The van der Waals surface area contributed by atoms with E-state index in [1.165, 1.54) is 18.1 Å². The highest BCUT2D eigenvalue weighted by molar-refractivity contribution is 6.31. The average Bonchev–Trinajstić information content (AvgIpc) is 2.35. The van der Waals surface area contributed by atoms with Gasteiger partial charge in [-0.15, -0.1) is 0 Å². The first-order valence-corrected chi connectivity index (χ1v) is 5.39. The third kappa shape index (κ3) is 2.89. The first kappa shape index (κ1) is 13.3. The van der Waals surface area contributed by atoms with Crippen molar-refractivity contribution in [1.82, 2.24) is 4.90 Å². The molecular weight excluding hydrogens is 240 g/mol. The maximum Gasteiger partial charge on any atom is 0.258 e. The Morgan fingerprint density at radius 1 is 1.59 bits per heavy atom. The van der Waals surface area contributed by atoms with Gasteiger partial charge in [-0.05, 0) is 25.1 Å². The van der Waals surface area contributed by atoms with Crippen LogP contribution in [0.3, 0.4) is 0 Å². The van der Waals surface area contributed by atoms with Gasteiger partial charge in [0.1, 0.15) is 11.8 Å². The van der Waals surface area contributed by atoms with Crippen LogP contribution in [0.4, 0.5) is 0 Å². The van der Waals surface area contributed by atoms with Crippen molar-refractivity contribution in [2.24, 2.45) is 0 Å². The van der Waals surface area contributed by atoms with Gasteiger partial charge in [0.05, 0.1) is 18.7 Å². The molecule has 0 heterocycles. The number of halogens is 1. The van der Waals surface area contributed by atoms with Crippen LogP contribution in [-0.2, 0) is 0 Å². The van der Waals surface area contributed by atoms with Crippen LogP contribution in [0.15, 0.2) is 18.2 Å². The maximum absolute atomic E-state index is 12.1. The van der Waals surface area contributed by atoms with Crippen LogP contribution in [-0.4, -0.2) is 31.0 Å². The van der Waals surface area contributed by atoms with Gasteiger partial charge < -0.3 is 9.64 Å². The summed E-state index contributed by atoms with van der Waals surface area (Å²) in [6.45, 7) is 1.65. The van der Waals surface area contributed by atoms with E-state index in [9.17, 15) is 4.79 Å². The summed E-state index contributed by atoms with van der Waals surface area (Å²) in [5.74, 6) is 0.148. The Hall–Kier alpha value is -1.73. The van der Waals surface area contributed by atoms with Gasteiger partial charge in [0.15, 0.2) is 0 Å². The summed E-state index contributed by atoms with van der Waals surface area (Å²) >= 11 is 5.84. The first-order valence-electron chi connectivity index (χ1n) is 5.01. The van der Waals surface area contributed by atoms with Gasteiger partial charge in [0.25, 0.3) is 5.91 Å². The molecule has 4 nitrogen and oxygen atoms in total. The number of nitrogens with zero attached hydrogens (tertiary/aromatic N) is 2. The zero-order chi connectivity index (χ0) is 13.0. The normalized spacial score (nSPS) is 11.5. The molecular formula is C12H13ClN2O2. The lowest BCUT2D eigenvalue weighted by atomic mass is 10.1. The summed E-state index contributed by atoms with van der Waals surface area (Å²) in [5.41, 5.74) is 0.351. The van der Waals surface area contributed by atoms with Gasteiger partial charge in [-0.2, -0.15) is 5.26 Å². The van der Waals surface area contributed by atoms with Crippen molar-refractivity contribution in [3.05, 3.63) is 28.8 Å². The number of rotatable bonds is 3. The molecule has 0 saturated carbocycles. The molecule has 0 spiro atoms. The molecule has 17 heavy (non-hydrogen) atoms. The summed E-state index contributed by atoms with van der Waals surface area (Å²) in [6.07, 6.45) is 0. The Kier molecular flexibility index (Phi) is 4.36. The zero-order valence-electron chi connectivity index (χ0n) is 9.90. The Labute approximate surface area is 105 Å². The number of methoxy groups -OCH3 is 1. The van der Waals surface area contributed by atoms with E-state index >= 15 is 0 Å². The zero-order valence-corrected chi connectivity index (χ0v) is 10.7. The second-order valence-corrected chi connectivity index (χ2v) is 4.00. The minimum atomic E-state index is -0.508. The van der Waals surface area contributed by atoms with Crippen LogP contribution < -0.4 is 4.74 Å². The second kappa shape index (κ2) is 5.55. The smallest absolute Gasteiger partial charge is 0.258 e. The summed E-state index contributed by atoms with van der Waals surface area (Å²) in [5, 5.41) is 9.23. The molecule has 0 aromatic heterocycles. The van der Waals surface area contributed by atoms with Gasteiger partial charge >= 0.3 is 0 Å². The van der Waals surface area contributed by atoms with E-state index in [1.54, 1.807) is 26.1 Å². The Morgan fingerprint density at radius 3 is 2.76 bits per heavy atom. The number of hydrogen-bond donors (Lipinski definition) is 0. The van der Waals surface area contributed by atoms with Gasteiger partial charge in [-0.1, -0.05) is 11.6 Å². The highest BCUT2D eigenvalue weighted by Crippen LogP contribution is 2.24. The third-order valence-corrected chi connectivity index (χ3v) is 2.72. The SMILES string of the molecule is COc1ccc(Cl)cc1C(=O)N(C)C(C)C#N. The van der Waals surface area contributed by atoms with E-state index in [0.717, 1.165) is 0 Å². The standard InChI is InChI=1S/C12H13ClN2O2/c1-8(7-14)15(2)12(16)10-6-9(13)4-5-11(10)17-3/h4-6,8H,1-3H3. The molecule has 0 aliphatic heterocycles. The lowest BCUT2D eigenvalue weighted by Gasteiger charge is -2.20. The van der Waals surface area contributed by atoms with E-state index in [2.05, 4.69) is 0 Å². The van der Waals surface area contributed by atoms with Crippen LogP contribution in [0, 0.1) is 11.3 Å². The number of carbonyl (C=O) groups excluding carboxylic acids is 1. The lowest BCUT2D eigenvalue weighted by molar-refractivity contribution is 0.0770. The van der Waals surface area contributed by atoms with Crippen molar-refractivity contribution in [3.63, 3.8) is 0 Å². The van der Waals surface area contributed by atoms with Gasteiger partial charge in [0.2, 0.25) is 0 Å². The molecule has 0 radical (unpaired) electrons. The fourth-order valence-corrected chi connectivity index (χ4v) is 1.47. The number of carbonyl (C=O) groups is 1. The van der Waals surface area contributed by atoms with E-state index in [-0.39, 0.29) is 5.91 Å². The fraction of sp³-hybridized carbons (Fsp3) is 0.333. The van der Waals surface area contributed by atoms with E-state index in [0.29, 0.717) is 16.3 Å². The molecule has 0 saturated heterocycles. The summed E-state index contributed by atoms with van der Waals surface area (Å²) in [7, 11) is 3.05. The Morgan fingerprint density at radius 2 is 2.24 bits per heavy atom. The minimum Gasteiger partial charge on any atom is -0.496 e. The van der Waals surface area contributed by atoms with Crippen molar-refractivity contribution >= 4 is 17.5 Å². The largest absolute Gasteiger partial charge is 0.496 e. The molecule has 1 unspecified atom stereocenters. The van der Waals surface area contributed by atoms with E-state index in [1.807, 2.05) is 6.07 Å². The molecule has 1 atom stereocenters. The topological polar surface area (TPSA) is 53.3 Å². The molecule has 5 heteroatoms. The van der Waals surface area contributed by atoms with Crippen molar-refractivity contribution in [1.29, 1.82) is 5.26 Å². The summed E-state index contributed by atoms with van der Waals surface area (Å²) in [4.78, 5) is 13.5. The molecule has 1 aromatic rings. The molecule has 1 aromatic carbocycles. The van der Waals surface area contributed by atoms with Crippen molar-refractivity contribution in [2.75, 3.05) is 14.2 Å². The van der Waals surface area contributed by atoms with E-state index in [4.69, 9.17) is 21.6 Å². The summed E-state index contributed by atoms with van der Waals surface area (Å²) < 4.78 is 5.10.